The Balaban J connectivity index is 2.31. The lowest BCUT2D eigenvalue weighted by atomic mass is 9.92. The summed E-state index contributed by atoms with van der Waals surface area (Å²) in [5, 5.41) is 12.3. The van der Waals surface area contributed by atoms with E-state index in [2.05, 4.69) is 5.32 Å². The number of carbonyl (C=O) groups is 1. The lowest BCUT2D eigenvalue weighted by molar-refractivity contribution is -0.125. The Bertz CT molecular complexity index is 197. The van der Waals surface area contributed by atoms with Crippen LogP contribution >= 0.6 is 0 Å². The van der Waals surface area contributed by atoms with Crippen LogP contribution in [0.3, 0.4) is 0 Å². The number of hydrogen-bond donors (Lipinski definition) is 3. The molecule has 88 valence electrons. The summed E-state index contributed by atoms with van der Waals surface area (Å²) in [6.07, 6.45) is 3.98. The molecule has 0 radical (unpaired) electrons. The Hall–Kier alpha value is -0.610. The van der Waals surface area contributed by atoms with Crippen molar-refractivity contribution in [1.29, 1.82) is 0 Å². The van der Waals surface area contributed by atoms with E-state index in [1.54, 1.807) is 0 Å². The number of nitrogens with two attached hydrogens (primary N) is 1. The Morgan fingerprint density at radius 3 is 2.53 bits per heavy atom. The van der Waals surface area contributed by atoms with Gasteiger partial charge in [-0.25, -0.2) is 0 Å². The SMILES string of the molecule is CCC(CN)C(=O)NC1CCC(O)CC1. The van der Waals surface area contributed by atoms with Crippen LogP contribution in [-0.4, -0.2) is 29.7 Å². The number of amides is 1. The minimum atomic E-state index is -0.172. The fourth-order valence-electron chi connectivity index (χ4n) is 2.00. The Labute approximate surface area is 91.2 Å². The Morgan fingerprint density at radius 1 is 1.47 bits per heavy atom. The molecule has 1 aliphatic rings. The third-order valence-electron chi connectivity index (χ3n) is 3.19. The number of carbonyl (C=O) groups excluding carboxylic acids is 1. The van der Waals surface area contributed by atoms with Crippen molar-refractivity contribution >= 4 is 5.91 Å². The molecular weight excluding hydrogens is 192 g/mol. The molecule has 0 heterocycles. The normalized spacial score (nSPS) is 28.5. The summed E-state index contributed by atoms with van der Waals surface area (Å²) in [6.45, 7) is 2.39. The van der Waals surface area contributed by atoms with Gasteiger partial charge in [-0.15, -0.1) is 0 Å². The summed E-state index contributed by atoms with van der Waals surface area (Å²) in [4.78, 5) is 11.7. The third kappa shape index (κ3) is 3.80. The zero-order chi connectivity index (χ0) is 11.3. The molecule has 1 atom stereocenters. The summed E-state index contributed by atoms with van der Waals surface area (Å²) >= 11 is 0. The Kier molecular flexibility index (Phi) is 5.05. The predicted octanol–water partition coefficient (Wildman–Crippen LogP) is 0.391. The van der Waals surface area contributed by atoms with Gasteiger partial charge < -0.3 is 16.2 Å². The molecule has 0 aliphatic heterocycles. The van der Waals surface area contributed by atoms with Crippen molar-refractivity contribution in [3.63, 3.8) is 0 Å². The summed E-state index contributed by atoms with van der Waals surface area (Å²) < 4.78 is 0. The van der Waals surface area contributed by atoms with Crippen LogP contribution in [-0.2, 0) is 4.79 Å². The monoisotopic (exact) mass is 214 g/mol. The van der Waals surface area contributed by atoms with Crippen molar-refractivity contribution in [2.24, 2.45) is 11.7 Å². The third-order valence-corrected chi connectivity index (χ3v) is 3.19. The standard InChI is InChI=1S/C11H22N2O2/c1-2-8(7-12)11(15)13-9-3-5-10(14)6-4-9/h8-10,14H,2-7,12H2,1H3,(H,13,15). The van der Waals surface area contributed by atoms with Crippen LogP contribution in [0.1, 0.15) is 39.0 Å². The minimum absolute atomic E-state index is 0.0585. The van der Waals surface area contributed by atoms with Crippen LogP contribution in [0.4, 0.5) is 0 Å². The smallest absolute Gasteiger partial charge is 0.224 e. The molecule has 4 nitrogen and oxygen atoms in total. The van der Waals surface area contributed by atoms with E-state index in [4.69, 9.17) is 5.73 Å². The maximum Gasteiger partial charge on any atom is 0.224 e. The van der Waals surface area contributed by atoms with E-state index in [0.29, 0.717) is 6.54 Å². The molecule has 15 heavy (non-hydrogen) atoms. The van der Waals surface area contributed by atoms with E-state index in [9.17, 15) is 9.90 Å². The van der Waals surface area contributed by atoms with Gasteiger partial charge in [0.2, 0.25) is 5.91 Å². The van der Waals surface area contributed by atoms with Gasteiger partial charge in [-0.1, -0.05) is 6.92 Å². The van der Waals surface area contributed by atoms with Gasteiger partial charge in [0.25, 0.3) is 0 Å². The second kappa shape index (κ2) is 6.08. The van der Waals surface area contributed by atoms with Gasteiger partial charge >= 0.3 is 0 Å². The van der Waals surface area contributed by atoms with Gasteiger partial charge in [-0.2, -0.15) is 0 Å². The van der Waals surface area contributed by atoms with Crippen molar-refractivity contribution in [1.82, 2.24) is 5.32 Å². The number of aliphatic hydroxyl groups excluding tert-OH is 1. The predicted molar refractivity (Wildman–Crippen MR) is 59.2 cm³/mol. The van der Waals surface area contributed by atoms with Crippen molar-refractivity contribution in [2.45, 2.75) is 51.2 Å². The molecule has 1 amide bonds. The maximum absolute atomic E-state index is 11.7. The molecule has 0 spiro atoms. The van der Waals surface area contributed by atoms with E-state index in [-0.39, 0.29) is 24.0 Å². The van der Waals surface area contributed by atoms with Gasteiger partial charge in [-0.3, -0.25) is 4.79 Å². The van der Waals surface area contributed by atoms with Crippen LogP contribution in [0, 0.1) is 5.92 Å². The van der Waals surface area contributed by atoms with Crippen molar-refractivity contribution in [3.8, 4) is 0 Å². The number of hydrogen-bond acceptors (Lipinski definition) is 3. The molecule has 1 unspecified atom stereocenters. The molecule has 0 aromatic carbocycles. The second-order valence-corrected chi connectivity index (χ2v) is 4.35. The lowest BCUT2D eigenvalue weighted by Crippen LogP contribution is -2.43. The second-order valence-electron chi connectivity index (χ2n) is 4.35. The van der Waals surface area contributed by atoms with Gasteiger partial charge in [0.05, 0.1) is 6.10 Å². The van der Waals surface area contributed by atoms with Gasteiger partial charge in [-0.05, 0) is 32.1 Å². The van der Waals surface area contributed by atoms with Crippen LogP contribution in [0.15, 0.2) is 0 Å². The molecule has 1 aliphatic carbocycles. The average Bonchev–Trinajstić information content (AvgIpc) is 2.23. The van der Waals surface area contributed by atoms with E-state index >= 15 is 0 Å². The zero-order valence-corrected chi connectivity index (χ0v) is 9.41. The highest BCUT2D eigenvalue weighted by Crippen LogP contribution is 2.18. The van der Waals surface area contributed by atoms with E-state index in [1.807, 2.05) is 6.92 Å². The van der Waals surface area contributed by atoms with Crippen LogP contribution in [0.5, 0.6) is 0 Å². The minimum Gasteiger partial charge on any atom is -0.393 e. The summed E-state index contributed by atoms with van der Waals surface area (Å²) in [7, 11) is 0. The summed E-state index contributed by atoms with van der Waals surface area (Å²) in [6, 6.07) is 0.237. The molecule has 0 aromatic rings. The van der Waals surface area contributed by atoms with Crippen LogP contribution < -0.4 is 11.1 Å². The van der Waals surface area contributed by atoms with Crippen LogP contribution in [0.25, 0.3) is 0 Å². The first kappa shape index (κ1) is 12.5. The number of aliphatic hydroxyl groups is 1. The highest BCUT2D eigenvalue weighted by molar-refractivity contribution is 5.79. The molecule has 0 saturated heterocycles. The molecule has 1 fully saturated rings. The molecule has 4 heteroatoms. The first-order chi connectivity index (χ1) is 7.17. The zero-order valence-electron chi connectivity index (χ0n) is 9.41. The van der Waals surface area contributed by atoms with Crippen LogP contribution in [0.2, 0.25) is 0 Å². The lowest BCUT2D eigenvalue weighted by Gasteiger charge is -2.27. The van der Waals surface area contributed by atoms with Crippen molar-refractivity contribution in [2.75, 3.05) is 6.54 Å². The molecule has 0 bridgehead atoms. The first-order valence-corrected chi connectivity index (χ1v) is 5.85. The molecular formula is C11H22N2O2. The maximum atomic E-state index is 11.7. The first-order valence-electron chi connectivity index (χ1n) is 5.85. The van der Waals surface area contributed by atoms with Crippen molar-refractivity contribution in [3.05, 3.63) is 0 Å². The van der Waals surface area contributed by atoms with Gasteiger partial charge in [0.1, 0.15) is 0 Å². The van der Waals surface area contributed by atoms with E-state index in [1.165, 1.54) is 0 Å². The van der Waals surface area contributed by atoms with Crippen molar-refractivity contribution < 1.29 is 9.90 Å². The molecule has 0 aromatic heterocycles. The van der Waals surface area contributed by atoms with E-state index in [0.717, 1.165) is 32.1 Å². The van der Waals surface area contributed by atoms with E-state index < -0.39 is 0 Å². The van der Waals surface area contributed by atoms with Gasteiger partial charge in [0.15, 0.2) is 0 Å². The average molecular weight is 214 g/mol. The molecule has 1 saturated carbocycles. The number of rotatable bonds is 4. The summed E-state index contributed by atoms with van der Waals surface area (Å²) in [5.74, 6) is 0.0123. The van der Waals surface area contributed by atoms with Gasteiger partial charge in [0, 0.05) is 18.5 Å². The fourth-order valence-corrected chi connectivity index (χ4v) is 2.00. The topological polar surface area (TPSA) is 75.4 Å². The summed E-state index contributed by atoms with van der Waals surface area (Å²) in [5.41, 5.74) is 5.51. The number of nitrogens with one attached hydrogen (secondary N) is 1. The highest BCUT2D eigenvalue weighted by Gasteiger charge is 2.23. The largest absolute Gasteiger partial charge is 0.393 e. The fraction of sp³-hybridized carbons (Fsp3) is 0.909. The quantitative estimate of drug-likeness (QED) is 0.633. The highest BCUT2D eigenvalue weighted by atomic mass is 16.3. The Morgan fingerprint density at radius 2 is 2.07 bits per heavy atom. The molecule has 1 rings (SSSR count). The molecule has 4 N–H and O–H groups in total.